The van der Waals surface area contributed by atoms with E-state index in [0.29, 0.717) is 0 Å². The molecule has 1 aliphatic rings. The molecule has 2 N–H and O–H groups in total. The lowest BCUT2D eigenvalue weighted by molar-refractivity contribution is -0.387. The van der Waals surface area contributed by atoms with E-state index in [4.69, 9.17) is 0 Å². The third kappa shape index (κ3) is 3.45. The number of imide groups is 1. The summed E-state index contributed by atoms with van der Waals surface area (Å²) in [7, 11) is 0. The molecule has 1 aliphatic heterocycles. The summed E-state index contributed by atoms with van der Waals surface area (Å²) in [4.78, 5) is 53.7. The van der Waals surface area contributed by atoms with Crippen LogP contribution in [0.1, 0.15) is 18.9 Å². The highest BCUT2D eigenvalue weighted by Crippen LogP contribution is 2.34. The van der Waals surface area contributed by atoms with Crippen LogP contribution in [0.4, 0.5) is 15.8 Å². The first-order valence-electron chi connectivity index (χ1n) is 8.02. The number of hydrogen-bond donors (Lipinski definition) is 2. The lowest BCUT2D eigenvalue weighted by Crippen LogP contribution is -2.31. The van der Waals surface area contributed by atoms with E-state index in [9.17, 15) is 34.0 Å². The summed E-state index contributed by atoms with van der Waals surface area (Å²) >= 11 is 0.776. The second-order valence-electron chi connectivity index (χ2n) is 5.80. The van der Waals surface area contributed by atoms with E-state index in [1.54, 1.807) is 6.92 Å². The van der Waals surface area contributed by atoms with Crippen molar-refractivity contribution in [3.8, 4) is 5.88 Å². The number of hydrogen-bond acceptors (Lipinski definition) is 8. The van der Waals surface area contributed by atoms with Crippen molar-refractivity contribution < 1.29 is 24.0 Å². The molecule has 10 nitrogen and oxygen atoms in total. The van der Waals surface area contributed by atoms with Crippen LogP contribution in [0.15, 0.2) is 28.2 Å². The average molecular weight is 408 g/mol. The Morgan fingerprint density at radius 2 is 2.14 bits per heavy atom. The van der Waals surface area contributed by atoms with Crippen LogP contribution >= 0.6 is 11.8 Å². The normalized spacial score (nSPS) is 16.6. The van der Waals surface area contributed by atoms with E-state index < -0.39 is 44.9 Å². The van der Waals surface area contributed by atoms with Crippen molar-refractivity contribution in [3.63, 3.8) is 0 Å². The van der Waals surface area contributed by atoms with E-state index in [-0.39, 0.29) is 29.2 Å². The van der Waals surface area contributed by atoms with Crippen LogP contribution in [0.2, 0.25) is 0 Å². The van der Waals surface area contributed by atoms with Crippen molar-refractivity contribution in [1.29, 1.82) is 0 Å². The molecule has 0 spiro atoms. The van der Waals surface area contributed by atoms with Crippen LogP contribution in [0.5, 0.6) is 5.88 Å². The Morgan fingerprint density at radius 1 is 1.43 bits per heavy atom. The van der Waals surface area contributed by atoms with Gasteiger partial charge in [-0.3, -0.25) is 24.5 Å². The van der Waals surface area contributed by atoms with Crippen molar-refractivity contribution in [2.24, 2.45) is 0 Å². The van der Waals surface area contributed by atoms with Gasteiger partial charge in [-0.1, -0.05) is 18.7 Å². The van der Waals surface area contributed by atoms with Crippen LogP contribution in [-0.2, 0) is 16.0 Å². The Kier molecular flexibility index (Phi) is 5.14. The van der Waals surface area contributed by atoms with Crippen molar-refractivity contribution in [2.75, 3.05) is 4.90 Å². The SMILES string of the molecule is CCc1c(O)nc(SC2CC(=O)N(c3ccc(F)c([N+](=O)[O-])c3)C2=O)[nH]c1=O. The molecular formula is C16H13FN4O6S. The third-order valence-corrected chi connectivity index (χ3v) is 5.14. The van der Waals surface area contributed by atoms with E-state index in [0.717, 1.165) is 34.9 Å². The molecule has 0 saturated carbocycles. The topological polar surface area (TPSA) is 146 Å². The predicted octanol–water partition coefficient (Wildman–Crippen LogP) is 1.51. The molecule has 1 unspecified atom stereocenters. The Hall–Kier alpha value is -3.28. The maximum atomic E-state index is 13.5. The highest BCUT2D eigenvalue weighted by atomic mass is 32.2. The number of H-pyrrole nitrogens is 1. The molecule has 1 aromatic heterocycles. The van der Waals surface area contributed by atoms with Gasteiger partial charge in [-0.15, -0.1) is 0 Å². The van der Waals surface area contributed by atoms with Gasteiger partial charge in [0.25, 0.3) is 5.56 Å². The summed E-state index contributed by atoms with van der Waals surface area (Å²) in [5, 5.41) is 19.7. The summed E-state index contributed by atoms with van der Waals surface area (Å²) in [6.07, 6.45) is 0.00571. The molecule has 0 aliphatic carbocycles. The highest BCUT2D eigenvalue weighted by Gasteiger charge is 2.41. The number of anilines is 1. The summed E-state index contributed by atoms with van der Waals surface area (Å²) in [6.45, 7) is 1.66. The second kappa shape index (κ2) is 7.38. The quantitative estimate of drug-likeness (QED) is 0.328. The van der Waals surface area contributed by atoms with Gasteiger partial charge in [0.05, 0.1) is 16.2 Å². The lowest BCUT2D eigenvalue weighted by Gasteiger charge is -2.14. The standard InChI is InChI=1S/C16H13FN4O6S/c1-2-8-13(23)18-16(19-14(8)24)28-11-6-12(22)20(15(11)25)7-3-4-9(17)10(5-7)21(26)27/h3-5,11H,2,6H2,1H3,(H2,18,19,23,24). The maximum absolute atomic E-state index is 13.5. The lowest BCUT2D eigenvalue weighted by atomic mass is 10.2. The number of nitrogens with zero attached hydrogens (tertiary/aromatic N) is 3. The number of rotatable bonds is 5. The van der Waals surface area contributed by atoms with Crippen molar-refractivity contribution in [2.45, 2.75) is 30.2 Å². The Labute approximate surface area is 160 Å². The number of aromatic amines is 1. The first-order chi connectivity index (χ1) is 13.2. The van der Waals surface area contributed by atoms with Crippen LogP contribution in [-0.4, -0.2) is 37.1 Å². The molecule has 2 aromatic rings. The third-order valence-electron chi connectivity index (χ3n) is 4.07. The Bertz CT molecular complexity index is 1060. The first kappa shape index (κ1) is 19.5. The zero-order chi connectivity index (χ0) is 20.6. The van der Waals surface area contributed by atoms with Crippen molar-refractivity contribution in [1.82, 2.24) is 9.97 Å². The van der Waals surface area contributed by atoms with Crippen molar-refractivity contribution >= 4 is 35.0 Å². The minimum Gasteiger partial charge on any atom is -0.493 e. The van der Waals surface area contributed by atoms with Crippen molar-refractivity contribution in [3.05, 3.63) is 50.0 Å². The predicted molar refractivity (Wildman–Crippen MR) is 95.7 cm³/mol. The fourth-order valence-electron chi connectivity index (χ4n) is 2.72. The van der Waals surface area contributed by atoms with Gasteiger partial charge in [-0.25, -0.2) is 4.90 Å². The zero-order valence-electron chi connectivity index (χ0n) is 14.3. The highest BCUT2D eigenvalue weighted by molar-refractivity contribution is 8.00. The monoisotopic (exact) mass is 408 g/mol. The van der Waals surface area contributed by atoms with Gasteiger partial charge in [0.1, 0.15) is 5.25 Å². The number of benzene rings is 1. The number of nitro groups is 1. The number of aromatic nitrogens is 2. The van der Waals surface area contributed by atoms with Gasteiger partial charge < -0.3 is 10.1 Å². The molecule has 0 radical (unpaired) electrons. The summed E-state index contributed by atoms with van der Waals surface area (Å²) < 4.78 is 13.5. The first-order valence-corrected chi connectivity index (χ1v) is 8.90. The van der Waals surface area contributed by atoms with Crippen LogP contribution in [0, 0.1) is 15.9 Å². The van der Waals surface area contributed by atoms with Gasteiger partial charge in [0.15, 0.2) is 5.16 Å². The van der Waals surface area contributed by atoms with E-state index in [1.165, 1.54) is 0 Å². The summed E-state index contributed by atoms with van der Waals surface area (Å²) in [6, 6.07) is 2.70. The molecule has 1 atom stereocenters. The molecule has 2 amide bonds. The number of amides is 2. The molecule has 12 heteroatoms. The summed E-state index contributed by atoms with van der Waals surface area (Å²) in [5.74, 6) is -2.89. The number of thioether (sulfide) groups is 1. The largest absolute Gasteiger partial charge is 0.493 e. The van der Waals surface area contributed by atoms with Gasteiger partial charge >= 0.3 is 5.69 Å². The number of carbonyl (C=O) groups excluding carboxylic acids is 2. The van der Waals surface area contributed by atoms with Crippen LogP contribution in [0.25, 0.3) is 0 Å². The number of nitro benzene ring substituents is 1. The molecule has 1 fully saturated rings. The molecule has 146 valence electrons. The number of halogens is 1. The van der Waals surface area contributed by atoms with Gasteiger partial charge in [0.2, 0.25) is 23.5 Å². The number of nitrogens with one attached hydrogen (secondary N) is 1. The van der Waals surface area contributed by atoms with Gasteiger partial charge in [0, 0.05) is 12.5 Å². The Balaban J connectivity index is 1.88. The molecule has 2 heterocycles. The smallest absolute Gasteiger partial charge is 0.306 e. The molecule has 28 heavy (non-hydrogen) atoms. The fourth-order valence-corrected chi connectivity index (χ4v) is 3.71. The minimum atomic E-state index is -1.09. The van der Waals surface area contributed by atoms with Crippen LogP contribution in [0.3, 0.4) is 0 Å². The molecule has 0 bridgehead atoms. The Morgan fingerprint density at radius 3 is 2.75 bits per heavy atom. The second-order valence-corrected chi connectivity index (χ2v) is 6.99. The zero-order valence-corrected chi connectivity index (χ0v) is 15.2. The summed E-state index contributed by atoms with van der Waals surface area (Å²) in [5.41, 5.74) is -1.45. The van der Waals surface area contributed by atoms with E-state index in [2.05, 4.69) is 9.97 Å². The molecular weight excluding hydrogens is 395 g/mol. The average Bonchev–Trinajstić information content (AvgIpc) is 2.89. The maximum Gasteiger partial charge on any atom is 0.306 e. The van der Waals surface area contributed by atoms with Gasteiger partial charge in [-0.05, 0) is 18.6 Å². The van der Waals surface area contributed by atoms with E-state index in [1.807, 2.05) is 0 Å². The van der Waals surface area contributed by atoms with Gasteiger partial charge in [-0.2, -0.15) is 9.37 Å². The van der Waals surface area contributed by atoms with E-state index >= 15 is 0 Å². The molecule has 1 aromatic carbocycles. The molecule has 3 rings (SSSR count). The minimum absolute atomic E-state index is 0.0437. The molecule has 1 saturated heterocycles. The number of aromatic hydroxyl groups is 1. The number of carbonyl (C=O) groups is 2. The fraction of sp³-hybridized carbons (Fsp3) is 0.250. The van der Waals surface area contributed by atoms with Crippen LogP contribution < -0.4 is 10.5 Å².